The van der Waals surface area contributed by atoms with Crippen LogP contribution in [0.2, 0.25) is 0 Å². The maximum absolute atomic E-state index is 12.4. The number of nitrogens with zero attached hydrogens (tertiary/aromatic N) is 3. The Labute approximate surface area is 157 Å². The van der Waals surface area contributed by atoms with E-state index in [1.165, 1.54) is 19.1 Å². The number of methoxy groups -OCH3 is 2. The molecule has 1 fully saturated rings. The minimum absolute atomic E-state index is 0.148. The third kappa shape index (κ3) is 4.18. The Morgan fingerprint density at radius 3 is 2.26 bits per heavy atom. The number of hydrogen-bond acceptors (Lipinski definition) is 6. The van der Waals surface area contributed by atoms with Gasteiger partial charge in [-0.05, 0) is 24.1 Å². The Hall–Kier alpha value is -3.10. The summed E-state index contributed by atoms with van der Waals surface area (Å²) in [4.78, 5) is 51.4. The number of hydrogen-bond donors (Lipinski definition) is 0. The zero-order chi connectivity index (χ0) is 20.1. The number of urea groups is 1. The van der Waals surface area contributed by atoms with Crippen LogP contribution < -0.4 is 9.47 Å². The van der Waals surface area contributed by atoms with E-state index in [0.29, 0.717) is 22.8 Å². The van der Waals surface area contributed by atoms with Crippen molar-refractivity contribution in [3.63, 3.8) is 0 Å². The average Bonchev–Trinajstić information content (AvgIpc) is 2.86. The van der Waals surface area contributed by atoms with E-state index in [1.807, 2.05) is 0 Å². The number of imide groups is 2. The summed E-state index contributed by atoms with van der Waals surface area (Å²) in [5.41, 5.74) is 0.784. The van der Waals surface area contributed by atoms with Gasteiger partial charge in [0.15, 0.2) is 11.5 Å². The van der Waals surface area contributed by atoms with Crippen molar-refractivity contribution in [1.29, 1.82) is 0 Å². The first-order valence-electron chi connectivity index (χ1n) is 8.46. The molecule has 0 aliphatic carbocycles. The maximum atomic E-state index is 12.4. The Kier molecular flexibility index (Phi) is 6.38. The maximum Gasteiger partial charge on any atom is 0.334 e. The van der Waals surface area contributed by atoms with Crippen LogP contribution in [0.15, 0.2) is 18.2 Å². The van der Waals surface area contributed by atoms with Gasteiger partial charge in [0.1, 0.15) is 6.54 Å². The fourth-order valence-electron chi connectivity index (χ4n) is 2.71. The highest BCUT2D eigenvalue weighted by Crippen LogP contribution is 2.28. The van der Waals surface area contributed by atoms with Gasteiger partial charge in [-0.1, -0.05) is 13.0 Å². The third-order valence-electron chi connectivity index (χ3n) is 4.17. The van der Waals surface area contributed by atoms with Crippen LogP contribution in [0.4, 0.5) is 4.79 Å². The van der Waals surface area contributed by atoms with Crippen LogP contribution in [0.1, 0.15) is 18.9 Å². The standard InChI is InChI=1S/C18H23N3O6/c1-5-8-20-16(23)17(24)21(18(20)25)11-15(22)19(2)10-12-6-7-13(26-3)14(9-12)27-4/h6-7,9H,5,8,10-11H2,1-4H3. The summed E-state index contributed by atoms with van der Waals surface area (Å²) in [6.45, 7) is 1.70. The summed E-state index contributed by atoms with van der Waals surface area (Å²) in [5.74, 6) is -1.23. The molecule has 146 valence electrons. The molecule has 1 aromatic carbocycles. The molecule has 27 heavy (non-hydrogen) atoms. The lowest BCUT2D eigenvalue weighted by Gasteiger charge is -2.21. The summed E-state index contributed by atoms with van der Waals surface area (Å²) in [7, 11) is 4.59. The molecule has 0 bridgehead atoms. The topological polar surface area (TPSA) is 96.5 Å². The van der Waals surface area contributed by atoms with Gasteiger partial charge in [-0.15, -0.1) is 0 Å². The quantitative estimate of drug-likeness (QED) is 0.493. The van der Waals surface area contributed by atoms with Gasteiger partial charge in [0, 0.05) is 20.1 Å². The van der Waals surface area contributed by atoms with E-state index >= 15 is 0 Å². The molecule has 0 spiro atoms. The molecule has 0 N–H and O–H groups in total. The van der Waals surface area contributed by atoms with E-state index in [9.17, 15) is 19.2 Å². The largest absolute Gasteiger partial charge is 0.493 e. The van der Waals surface area contributed by atoms with Gasteiger partial charge in [0.2, 0.25) is 5.91 Å². The lowest BCUT2D eigenvalue weighted by Crippen LogP contribution is -2.42. The molecule has 0 aromatic heterocycles. The van der Waals surface area contributed by atoms with E-state index < -0.39 is 30.3 Å². The van der Waals surface area contributed by atoms with Crippen LogP contribution in [0.5, 0.6) is 11.5 Å². The second kappa shape index (κ2) is 8.52. The molecule has 5 amide bonds. The van der Waals surface area contributed by atoms with E-state index in [4.69, 9.17) is 9.47 Å². The zero-order valence-electron chi connectivity index (χ0n) is 15.9. The molecule has 0 radical (unpaired) electrons. The van der Waals surface area contributed by atoms with Gasteiger partial charge < -0.3 is 14.4 Å². The SMILES string of the molecule is CCCN1C(=O)C(=O)N(CC(=O)N(C)Cc2ccc(OC)c(OC)c2)C1=O. The van der Waals surface area contributed by atoms with Crippen LogP contribution in [-0.4, -0.2) is 72.8 Å². The summed E-state index contributed by atoms with van der Waals surface area (Å²) < 4.78 is 10.4. The average molecular weight is 377 g/mol. The van der Waals surface area contributed by atoms with Crippen LogP contribution in [0.3, 0.4) is 0 Å². The van der Waals surface area contributed by atoms with Gasteiger partial charge in [0.25, 0.3) is 0 Å². The highest BCUT2D eigenvalue weighted by atomic mass is 16.5. The Morgan fingerprint density at radius 1 is 1.04 bits per heavy atom. The van der Waals surface area contributed by atoms with Crippen LogP contribution in [0.25, 0.3) is 0 Å². The normalized spacial score (nSPS) is 14.0. The minimum atomic E-state index is -0.971. The number of carbonyl (C=O) groups excluding carboxylic acids is 4. The lowest BCUT2D eigenvalue weighted by molar-refractivity contribution is -0.144. The molecule has 1 aliphatic heterocycles. The van der Waals surface area contributed by atoms with Gasteiger partial charge in [-0.25, -0.2) is 9.69 Å². The Balaban J connectivity index is 2.05. The summed E-state index contributed by atoms with van der Waals surface area (Å²) in [5, 5.41) is 0. The Morgan fingerprint density at radius 2 is 1.67 bits per heavy atom. The predicted molar refractivity (Wildman–Crippen MR) is 95.1 cm³/mol. The molecule has 1 saturated heterocycles. The highest BCUT2D eigenvalue weighted by molar-refractivity contribution is 6.45. The second-order valence-electron chi connectivity index (χ2n) is 6.07. The van der Waals surface area contributed by atoms with E-state index in [2.05, 4.69) is 0 Å². The van der Waals surface area contributed by atoms with Gasteiger partial charge in [-0.3, -0.25) is 19.3 Å². The second-order valence-corrected chi connectivity index (χ2v) is 6.07. The van der Waals surface area contributed by atoms with Crippen molar-refractivity contribution in [3.8, 4) is 11.5 Å². The van der Waals surface area contributed by atoms with Crippen molar-refractivity contribution >= 4 is 23.8 Å². The van der Waals surface area contributed by atoms with Gasteiger partial charge >= 0.3 is 17.8 Å². The molecule has 9 nitrogen and oxygen atoms in total. The summed E-state index contributed by atoms with van der Waals surface area (Å²) >= 11 is 0. The van der Waals surface area contributed by atoms with E-state index in [1.54, 1.807) is 32.2 Å². The number of rotatable bonds is 8. The van der Waals surface area contributed by atoms with Crippen LogP contribution in [-0.2, 0) is 20.9 Å². The van der Waals surface area contributed by atoms with Crippen molar-refractivity contribution in [3.05, 3.63) is 23.8 Å². The summed E-state index contributed by atoms with van der Waals surface area (Å²) in [6, 6.07) is 4.49. The fourth-order valence-corrected chi connectivity index (χ4v) is 2.71. The highest BCUT2D eigenvalue weighted by Gasteiger charge is 2.44. The molecule has 1 aliphatic rings. The van der Waals surface area contributed by atoms with E-state index in [-0.39, 0.29) is 13.1 Å². The van der Waals surface area contributed by atoms with Gasteiger partial charge in [0.05, 0.1) is 14.2 Å². The minimum Gasteiger partial charge on any atom is -0.493 e. The molecule has 0 unspecified atom stereocenters. The Bertz CT molecular complexity index is 763. The first-order valence-corrected chi connectivity index (χ1v) is 8.46. The molecule has 1 aromatic rings. The van der Waals surface area contributed by atoms with Crippen molar-refractivity contribution in [2.75, 3.05) is 34.4 Å². The number of carbonyl (C=O) groups is 4. The number of amides is 5. The van der Waals surface area contributed by atoms with E-state index in [0.717, 1.165) is 10.5 Å². The molecular weight excluding hydrogens is 354 g/mol. The molecular formula is C18H23N3O6. The predicted octanol–water partition coefficient (Wildman–Crippen LogP) is 0.863. The zero-order valence-corrected chi connectivity index (χ0v) is 15.9. The number of ether oxygens (including phenoxy) is 2. The third-order valence-corrected chi connectivity index (χ3v) is 4.17. The van der Waals surface area contributed by atoms with Crippen molar-refractivity contribution in [1.82, 2.24) is 14.7 Å². The molecule has 9 heteroatoms. The van der Waals surface area contributed by atoms with Gasteiger partial charge in [-0.2, -0.15) is 0 Å². The van der Waals surface area contributed by atoms with Crippen LogP contribution >= 0.6 is 0 Å². The lowest BCUT2D eigenvalue weighted by atomic mass is 10.2. The van der Waals surface area contributed by atoms with Crippen molar-refractivity contribution in [2.45, 2.75) is 19.9 Å². The molecule has 1 heterocycles. The molecule has 2 rings (SSSR count). The first-order chi connectivity index (χ1) is 12.8. The molecule has 0 saturated carbocycles. The summed E-state index contributed by atoms with van der Waals surface area (Å²) in [6.07, 6.45) is 0.533. The van der Waals surface area contributed by atoms with Crippen molar-refractivity contribution < 1.29 is 28.7 Å². The smallest absolute Gasteiger partial charge is 0.334 e. The number of likely N-dealkylation sites (N-methyl/N-ethyl adjacent to an activating group) is 1. The first kappa shape index (κ1) is 20.2. The monoisotopic (exact) mass is 377 g/mol. The van der Waals surface area contributed by atoms with Crippen molar-refractivity contribution in [2.24, 2.45) is 0 Å². The van der Waals surface area contributed by atoms with Crippen LogP contribution in [0, 0.1) is 0 Å². The number of benzene rings is 1. The fraction of sp³-hybridized carbons (Fsp3) is 0.444. The molecule has 0 atom stereocenters.